The van der Waals surface area contributed by atoms with Crippen molar-refractivity contribution in [3.8, 4) is 5.75 Å². The lowest BCUT2D eigenvalue weighted by atomic mass is 10.2. The van der Waals surface area contributed by atoms with Crippen LogP contribution in [0.25, 0.3) is 0 Å². The Kier molecular flexibility index (Phi) is 2.82. The van der Waals surface area contributed by atoms with Gasteiger partial charge < -0.3 is 9.64 Å². The van der Waals surface area contributed by atoms with E-state index in [1.807, 2.05) is 19.1 Å². The molecule has 0 saturated heterocycles. The minimum absolute atomic E-state index is 0.00222. The van der Waals surface area contributed by atoms with Gasteiger partial charge in [0.1, 0.15) is 12.4 Å². The number of hydrogen-bond acceptors (Lipinski definition) is 2. The van der Waals surface area contributed by atoms with E-state index in [2.05, 4.69) is 0 Å². The van der Waals surface area contributed by atoms with Crippen LogP contribution in [0.3, 0.4) is 0 Å². The molecule has 1 atom stereocenters. The van der Waals surface area contributed by atoms with Crippen LogP contribution in [0.5, 0.6) is 5.75 Å². The fourth-order valence-electron chi connectivity index (χ4n) is 1.60. The molecule has 1 heterocycles. The fraction of sp³-hybridized carbons (Fsp3) is 0.364. The lowest BCUT2D eigenvalue weighted by Gasteiger charge is -2.23. The van der Waals surface area contributed by atoms with E-state index in [0.29, 0.717) is 17.9 Å². The molecular weight excluding hydrogens is 214 g/mol. The standard InChI is InChI=1S/C11H12ClNO2/c1-8-6-15-10-5-3-2-4-9(10)11(14)13(8)7-12/h2-5,8H,6-7H2,1H3. The highest BCUT2D eigenvalue weighted by atomic mass is 35.5. The molecule has 0 saturated carbocycles. The Labute approximate surface area is 93.6 Å². The molecule has 0 bridgehead atoms. The molecule has 1 aliphatic heterocycles. The number of carbonyl (C=O) groups is 1. The van der Waals surface area contributed by atoms with Crippen LogP contribution in [-0.2, 0) is 0 Å². The number of benzene rings is 1. The molecule has 1 amide bonds. The van der Waals surface area contributed by atoms with Gasteiger partial charge in [0.15, 0.2) is 0 Å². The van der Waals surface area contributed by atoms with Gasteiger partial charge in [-0.05, 0) is 19.1 Å². The van der Waals surface area contributed by atoms with Crippen molar-refractivity contribution in [2.45, 2.75) is 13.0 Å². The molecule has 0 radical (unpaired) electrons. The number of para-hydroxylation sites is 1. The molecule has 2 rings (SSSR count). The molecule has 0 fully saturated rings. The molecule has 3 nitrogen and oxygen atoms in total. The SMILES string of the molecule is CC1COc2ccccc2C(=O)N1CCl. The number of hydrogen-bond donors (Lipinski definition) is 0. The summed E-state index contributed by atoms with van der Waals surface area (Å²) < 4.78 is 5.54. The van der Waals surface area contributed by atoms with E-state index >= 15 is 0 Å². The smallest absolute Gasteiger partial charge is 0.258 e. The maximum Gasteiger partial charge on any atom is 0.258 e. The first-order valence-electron chi connectivity index (χ1n) is 4.83. The number of alkyl halides is 1. The zero-order valence-electron chi connectivity index (χ0n) is 8.44. The normalized spacial score (nSPS) is 20.5. The van der Waals surface area contributed by atoms with Gasteiger partial charge in [-0.2, -0.15) is 0 Å². The first-order valence-corrected chi connectivity index (χ1v) is 5.36. The molecule has 1 aromatic rings. The van der Waals surface area contributed by atoms with Crippen LogP contribution in [0.15, 0.2) is 24.3 Å². The lowest BCUT2D eigenvalue weighted by molar-refractivity contribution is 0.0716. The minimum Gasteiger partial charge on any atom is -0.491 e. The summed E-state index contributed by atoms with van der Waals surface area (Å²) in [5.41, 5.74) is 0.586. The van der Waals surface area contributed by atoms with Crippen LogP contribution < -0.4 is 4.74 Å². The zero-order valence-corrected chi connectivity index (χ0v) is 9.20. The topological polar surface area (TPSA) is 29.5 Å². The maximum absolute atomic E-state index is 12.0. The molecule has 1 aliphatic rings. The van der Waals surface area contributed by atoms with Crippen molar-refractivity contribution < 1.29 is 9.53 Å². The Balaban J connectivity index is 2.42. The molecule has 0 aromatic heterocycles. The number of amides is 1. The number of fused-ring (bicyclic) bond motifs is 1. The zero-order chi connectivity index (χ0) is 10.8. The third kappa shape index (κ3) is 1.79. The second kappa shape index (κ2) is 4.11. The van der Waals surface area contributed by atoms with Crippen molar-refractivity contribution in [2.24, 2.45) is 0 Å². The summed E-state index contributed by atoms with van der Waals surface area (Å²) in [6.45, 7) is 2.40. The quantitative estimate of drug-likeness (QED) is 0.541. The summed E-state index contributed by atoms with van der Waals surface area (Å²) in [5.74, 6) is 0.576. The Morgan fingerprint density at radius 1 is 1.53 bits per heavy atom. The Morgan fingerprint density at radius 2 is 2.27 bits per heavy atom. The molecular formula is C11H12ClNO2. The van der Waals surface area contributed by atoms with Gasteiger partial charge in [-0.15, -0.1) is 11.6 Å². The van der Waals surface area contributed by atoms with E-state index in [0.717, 1.165) is 0 Å². The van der Waals surface area contributed by atoms with Crippen molar-refractivity contribution in [1.29, 1.82) is 0 Å². The summed E-state index contributed by atoms with van der Waals surface area (Å²) in [6.07, 6.45) is 0. The van der Waals surface area contributed by atoms with Gasteiger partial charge in [-0.1, -0.05) is 12.1 Å². The summed E-state index contributed by atoms with van der Waals surface area (Å²) in [5, 5.41) is 0. The van der Waals surface area contributed by atoms with Crippen LogP contribution in [0.4, 0.5) is 0 Å². The second-order valence-electron chi connectivity index (χ2n) is 3.55. The van der Waals surface area contributed by atoms with Crippen LogP contribution >= 0.6 is 11.6 Å². The van der Waals surface area contributed by atoms with E-state index in [1.54, 1.807) is 17.0 Å². The first kappa shape index (κ1) is 10.3. The monoisotopic (exact) mass is 225 g/mol. The first-order chi connectivity index (χ1) is 7.24. The van der Waals surface area contributed by atoms with Gasteiger partial charge in [-0.25, -0.2) is 0 Å². The Bertz CT molecular complexity index is 381. The average molecular weight is 226 g/mol. The number of halogens is 1. The molecule has 80 valence electrons. The second-order valence-corrected chi connectivity index (χ2v) is 3.79. The van der Waals surface area contributed by atoms with E-state index in [1.165, 1.54) is 0 Å². The third-order valence-corrected chi connectivity index (χ3v) is 2.78. The predicted molar refractivity (Wildman–Crippen MR) is 58.3 cm³/mol. The van der Waals surface area contributed by atoms with E-state index in [-0.39, 0.29) is 18.0 Å². The Morgan fingerprint density at radius 3 is 3.00 bits per heavy atom. The minimum atomic E-state index is -0.0643. The molecule has 1 aromatic carbocycles. The predicted octanol–water partition coefficient (Wildman–Crippen LogP) is 2.11. The van der Waals surface area contributed by atoms with Gasteiger partial charge >= 0.3 is 0 Å². The fourth-order valence-corrected chi connectivity index (χ4v) is 1.94. The van der Waals surface area contributed by atoms with Crippen LogP contribution in [0.1, 0.15) is 17.3 Å². The number of ether oxygens (including phenoxy) is 1. The molecule has 0 N–H and O–H groups in total. The van der Waals surface area contributed by atoms with Crippen molar-refractivity contribution >= 4 is 17.5 Å². The summed E-state index contributed by atoms with van der Waals surface area (Å²) in [7, 11) is 0. The van der Waals surface area contributed by atoms with Gasteiger partial charge in [0.05, 0.1) is 17.6 Å². The molecule has 0 aliphatic carbocycles. The van der Waals surface area contributed by atoms with Gasteiger partial charge in [0.2, 0.25) is 0 Å². The van der Waals surface area contributed by atoms with Crippen molar-refractivity contribution in [3.63, 3.8) is 0 Å². The largest absolute Gasteiger partial charge is 0.491 e. The number of nitrogens with zero attached hydrogens (tertiary/aromatic N) is 1. The van der Waals surface area contributed by atoms with Crippen molar-refractivity contribution in [3.05, 3.63) is 29.8 Å². The summed E-state index contributed by atoms with van der Waals surface area (Å²) in [4.78, 5) is 13.6. The molecule has 15 heavy (non-hydrogen) atoms. The van der Waals surface area contributed by atoms with Crippen LogP contribution in [-0.4, -0.2) is 29.5 Å². The number of rotatable bonds is 1. The van der Waals surface area contributed by atoms with Crippen molar-refractivity contribution in [2.75, 3.05) is 12.6 Å². The molecule has 0 spiro atoms. The molecule has 1 unspecified atom stereocenters. The van der Waals surface area contributed by atoms with Gasteiger partial charge in [0, 0.05) is 0 Å². The van der Waals surface area contributed by atoms with Crippen LogP contribution in [0, 0.1) is 0 Å². The highest BCUT2D eigenvalue weighted by Crippen LogP contribution is 2.24. The Hall–Kier alpha value is -1.22. The van der Waals surface area contributed by atoms with Crippen molar-refractivity contribution in [1.82, 2.24) is 4.90 Å². The highest BCUT2D eigenvalue weighted by molar-refractivity contribution is 6.19. The van der Waals surface area contributed by atoms with Gasteiger partial charge in [-0.3, -0.25) is 4.79 Å². The van der Waals surface area contributed by atoms with E-state index < -0.39 is 0 Å². The van der Waals surface area contributed by atoms with Gasteiger partial charge in [0.25, 0.3) is 5.91 Å². The average Bonchev–Trinajstić information content (AvgIpc) is 2.38. The summed E-state index contributed by atoms with van der Waals surface area (Å²) in [6, 6.07) is 7.43. The number of carbonyl (C=O) groups excluding carboxylic acids is 1. The van der Waals surface area contributed by atoms with E-state index in [9.17, 15) is 4.79 Å². The van der Waals surface area contributed by atoms with Crippen LogP contribution in [0.2, 0.25) is 0 Å². The summed E-state index contributed by atoms with van der Waals surface area (Å²) >= 11 is 5.76. The highest BCUT2D eigenvalue weighted by Gasteiger charge is 2.27. The molecule has 4 heteroatoms. The third-order valence-electron chi connectivity index (χ3n) is 2.52. The maximum atomic E-state index is 12.0. The van der Waals surface area contributed by atoms with E-state index in [4.69, 9.17) is 16.3 Å². The lowest BCUT2D eigenvalue weighted by Crippen LogP contribution is -2.38.